The Kier molecular flexibility index (Phi) is 5.71. The number of carbonyl (C=O) groups is 1. The van der Waals surface area contributed by atoms with Crippen LogP contribution in [0.3, 0.4) is 0 Å². The Morgan fingerprint density at radius 3 is 2.71 bits per heavy atom. The van der Waals surface area contributed by atoms with Gasteiger partial charge in [-0.15, -0.1) is 5.10 Å². The monoisotopic (exact) mass is 421 g/mol. The number of nitrogens with zero attached hydrogens (tertiary/aromatic N) is 2. The molecule has 0 saturated carbocycles. The fourth-order valence-corrected chi connectivity index (χ4v) is 3.56. The van der Waals surface area contributed by atoms with E-state index in [0.717, 1.165) is 15.6 Å². The van der Waals surface area contributed by atoms with Gasteiger partial charge in [-0.05, 0) is 30.2 Å². The molecule has 3 rings (SSSR count). The number of carbonyl (C=O) groups excluding carboxylic acids is 1. The second-order valence-electron chi connectivity index (χ2n) is 5.10. The first-order valence-corrected chi connectivity index (χ1v) is 9.24. The van der Waals surface area contributed by atoms with Gasteiger partial charge in [0.1, 0.15) is 0 Å². The van der Waals surface area contributed by atoms with Gasteiger partial charge < -0.3 is 5.32 Å². The van der Waals surface area contributed by atoms with E-state index >= 15 is 0 Å². The number of hydrogen-bond acceptors (Lipinski definition) is 4. The fourth-order valence-electron chi connectivity index (χ4n) is 2.14. The maximum Gasteiger partial charge on any atom is 0.239 e. The van der Waals surface area contributed by atoms with Crippen LogP contribution in [0, 0.1) is 0 Å². The molecule has 0 aromatic heterocycles. The van der Waals surface area contributed by atoms with E-state index in [0.29, 0.717) is 16.6 Å². The quantitative estimate of drug-likeness (QED) is 0.591. The second kappa shape index (κ2) is 7.96. The van der Waals surface area contributed by atoms with Gasteiger partial charge in [0.15, 0.2) is 5.17 Å². The molecule has 0 unspecified atom stereocenters. The SMILES string of the molecule is O=C1N/C(=N\N=C/c2ccccc2Cl)S[C@@H]1Cc1ccc(Br)cc1. The summed E-state index contributed by atoms with van der Waals surface area (Å²) in [7, 11) is 0. The van der Waals surface area contributed by atoms with Gasteiger partial charge in [0, 0.05) is 15.1 Å². The van der Waals surface area contributed by atoms with Gasteiger partial charge in [-0.1, -0.05) is 69.6 Å². The minimum atomic E-state index is -0.194. The maximum atomic E-state index is 12.0. The molecule has 1 saturated heterocycles. The van der Waals surface area contributed by atoms with Crippen molar-refractivity contribution >= 4 is 56.6 Å². The predicted molar refractivity (Wildman–Crippen MR) is 104 cm³/mol. The molecule has 122 valence electrons. The summed E-state index contributed by atoms with van der Waals surface area (Å²) in [6, 6.07) is 15.3. The summed E-state index contributed by atoms with van der Waals surface area (Å²) < 4.78 is 1.02. The zero-order valence-electron chi connectivity index (χ0n) is 12.4. The first-order valence-electron chi connectivity index (χ1n) is 7.19. The highest BCUT2D eigenvalue weighted by atomic mass is 79.9. The largest absolute Gasteiger partial charge is 0.303 e. The Bertz CT molecular complexity index is 808. The average molecular weight is 423 g/mol. The number of halogens is 2. The van der Waals surface area contributed by atoms with Gasteiger partial charge in [0.25, 0.3) is 0 Å². The van der Waals surface area contributed by atoms with Gasteiger partial charge in [-0.25, -0.2) is 0 Å². The standard InChI is InChI=1S/C17H13BrClN3OS/c18-13-7-5-11(6-8-13)9-15-16(23)21-17(24-15)22-20-10-12-3-1-2-4-14(12)19/h1-8,10,15H,9H2,(H,21,22,23)/b20-10-/t15-/m1/s1. The van der Waals surface area contributed by atoms with Crippen molar-refractivity contribution in [3.63, 3.8) is 0 Å². The van der Waals surface area contributed by atoms with Gasteiger partial charge in [-0.2, -0.15) is 5.10 Å². The summed E-state index contributed by atoms with van der Waals surface area (Å²) in [5.74, 6) is -0.0467. The van der Waals surface area contributed by atoms with Crippen molar-refractivity contribution in [2.24, 2.45) is 10.2 Å². The smallest absolute Gasteiger partial charge is 0.239 e. The van der Waals surface area contributed by atoms with Crippen LogP contribution in [0.4, 0.5) is 0 Å². The molecule has 1 amide bonds. The summed E-state index contributed by atoms with van der Waals surface area (Å²) in [6.45, 7) is 0. The molecule has 24 heavy (non-hydrogen) atoms. The molecule has 2 aromatic carbocycles. The van der Waals surface area contributed by atoms with Crippen molar-refractivity contribution in [1.29, 1.82) is 0 Å². The van der Waals surface area contributed by atoms with E-state index in [2.05, 4.69) is 31.4 Å². The van der Waals surface area contributed by atoms with E-state index in [1.807, 2.05) is 42.5 Å². The van der Waals surface area contributed by atoms with Crippen LogP contribution in [-0.4, -0.2) is 22.5 Å². The molecule has 0 aliphatic carbocycles. The summed E-state index contributed by atoms with van der Waals surface area (Å²) in [4.78, 5) is 12.0. The molecular formula is C17H13BrClN3OS. The highest BCUT2D eigenvalue weighted by Gasteiger charge is 2.30. The molecule has 4 nitrogen and oxygen atoms in total. The summed E-state index contributed by atoms with van der Waals surface area (Å²) in [5.41, 5.74) is 1.89. The third kappa shape index (κ3) is 4.47. The van der Waals surface area contributed by atoms with Crippen LogP contribution in [0.5, 0.6) is 0 Å². The molecule has 1 atom stereocenters. The van der Waals surface area contributed by atoms with Crippen LogP contribution in [-0.2, 0) is 11.2 Å². The predicted octanol–water partition coefficient (Wildman–Crippen LogP) is 4.27. The van der Waals surface area contributed by atoms with E-state index in [1.165, 1.54) is 11.8 Å². The van der Waals surface area contributed by atoms with Crippen LogP contribution < -0.4 is 5.32 Å². The topological polar surface area (TPSA) is 53.8 Å². The molecule has 1 aliphatic heterocycles. The number of amidine groups is 1. The molecule has 1 N–H and O–H groups in total. The van der Waals surface area contributed by atoms with Gasteiger partial charge in [-0.3, -0.25) is 4.79 Å². The highest BCUT2D eigenvalue weighted by Crippen LogP contribution is 2.24. The van der Waals surface area contributed by atoms with Crippen LogP contribution in [0.25, 0.3) is 0 Å². The van der Waals surface area contributed by atoms with Gasteiger partial charge >= 0.3 is 0 Å². The molecule has 0 bridgehead atoms. The molecule has 1 fully saturated rings. The summed E-state index contributed by atoms with van der Waals surface area (Å²) in [6.07, 6.45) is 2.22. The molecule has 0 radical (unpaired) electrons. The lowest BCUT2D eigenvalue weighted by Crippen LogP contribution is -2.25. The minimum Gasteiger partial charge on any atom is -0.303 e. The number of nitrogens with one attached hydrogen (secondary N) is 1. The Morgan fingerprint density at radius 2 is 1.96 bits per heavy atom. The number of hydrogen-bond donors (Lipinski definition) is 1. The first kappa shape index (κ1) is 17.2. The minimum absolute atomic E-state index is 0.0467. The molecule has 7 heteroatoms. The second-order valence-corrected chi connectivity index (χ2v) is 7.61. The van der Waals surface area contributed by atoms with Crippen LogP contribution in [0.15, 0.2) is 63.2 Å². The van der Waals surface area contributed by atoms with E-state index in [-0.39, 0.29) is 11.2 Å². The van der Waals surface area contributed by atoms with Crippen molar-refractivity contribution in [2.45, 2.75) is 11.7 Å². The number of amides is 1. The third-order valence-corrected chi connectivity index (χ3v) is 5.31. The van der Waals surface area contributed by atoms with Crippen molar-refractivity contribution < 1.29 is 4.79 Å². The number of thioether (sulfide) groups is 1. The van der Waals surface area contributed by atoms with Crippen LogP contribution >= 0.6 is 39.3 Å². The van der Waals surface area contributed by atoms with Crippen molar-refractivity contribution in [3.8, 4) is 0 Å². The Hall–Kier alpha value is -1.63. The average Bonchev–Trinajstić information content (AvgIpc) is 2.91. The van der Waals surface area contributed by atoms with Gasteiger partial charge in [0.2, 0.25) is 5.91 Å². The summed E-state index contributed by atoms with van der Waals surface area (Å²) >= 11 is 10.8. The van der Waals surface area contributed by atoms with Crippen molar-refractivity contribution in [1.82, 2.24) is 5.32 Å². The highest BCUT2D eigenvalue weighted by molar-refractivity contribution is 9.10. The zero-order valence-corrected chi connectivity index (χ0v) is 15.6. The molecule has 1 heterocycles. The van der Waals surface area contributed by atoms with E-state index in [1.54, 1.807) is 12.3 Å². The molecular weight excluding hydrogens is 410 g/mol. The van der Waals surface area contributed by atoms with E-state index in [9.17, 15) is 4.79 Å². The number of benzene rings is 2. The lowest BCUT2D eigenvalue weighted by Gasteiger charge is -2.05. The fraction of sp³-hybridized carbons (Fsp3) is 0.118. The van der Waals surface area contributed by atoms with Crippen LogP contribution in [0.1, 0.15) is 11.1 Å². The molecule has 2 aromatic rings. The lowest BCUT2D eigenvalue weighted by molar-refractivity contribution is -0.118. The van der Waals surface area contributed by atoms with Gasteiger partial charge in [0.05, 0.1) is 11.5 Å². The molecule has 1 aliphatic rings. The lowest BCUT2D eigenvalue weighted by atomic mass is 10.1. The third-order valence-electron chi connectivity index (χ3n) is 3.36. The maximum absolute atomic E-state index is 12.0. The Balaban J connectivity index is 1.63. The van der Waals surface area contributed by atoms with E-state index in [4.69, 9.17) is 11.6 Å². The van der Waals surface area contributed by atoms with E-state index < -0.39 is 0 Å². The van der Waals surface area contributed by atoms with Crippen molar-refractivity contribution in [2.75, 3.05) is 0 Å². The normalized spacial score (nSPS) is 19.2. The zero-order chi connectivity index (χ0) is 16.9. The van der Waals surface area contributed by atoms with Crippen LogP contribution in [0.2, 0.25) is 5.02 Å². The Labute approximate surface area is 157 Å². The number of rotatable bonds is 4. The first-order chi connectivity index (χ1) is 11.6. The molecule has 0 spiro atoms. The van der Waals surface area contributed by atoms with Crippen molar-refractivity contribution in [3.05, 3.63) is 69.2 Å². The Morgan fingerprint density at radius 1 is 1.21 bits per heavy atom. The summed E-state index contributed by atoms with van der Waals surface area (Å²) in [5, 5.41) is 11.8.